The lowest BCUT2D eigenvalue weighted by Gasteiger charge is -2.12. The predicted molar refractivity (Wildman–Crippen MR) is 88.4 cm³/mol. The number of halogens is 1. The van der Waals surface area contributed by atoms with Gasteiger partial charge in [0.2, 0.25) is 0 Å². The summed E-state index contributed by atoms with van der Waals surface area (Å²) in [6.07, 6.45) is 2.60. The van der Waals surface area contributed by atoms with Gasteiger partial charge in [-0.05, 0) is 67.1 Å². The first kappa shape index (κ1) is 14.6. The largest absolute Gasteiger partial charge is 0.481 e. The van der Waals surface area contributed by atoms with Gasteiger partial charge in [-0.15, -0.1) is 0 Å². The average Bonchev–Trinajstić information content (AvgIpc) is 3.13. The van der Waals surface area contributed by atoms with Gasteiger partial charge in [-0.1, -0.05) is 23.7 Å². The van der Waals surface area contributed by atoms with Crippen molar-refractivity contribution in [1.29, 1.82) is 0 Å². The zero-order chi connectivity index (χ0) is 16.2. The first-order valence-electron chi connectivity index (χ1n) is 7.80. The molecule has 2 aliphatic rings. The van der Waals surface area contributed by atoms with Crippen LogP contribution in [0.5, 0.6) is 11.5 Å². The summed E-state index contributed by atoms with van der Waals surface area (Å²) in [4.78, 5) is 11.3. The number of rotatable bonds is 3. The van der Waals surface area contributed by atoms with Crippen molar-refractivity contribution in [3.63, 3.8) is 0 Å². The van der Waals surface area contributed by atoms with E-state index < -0.39 is 5.97 Å². The molecule has 2 aromatic carbocycles. The van der Waals surface area contributed by atoms with Gasteiger partial charge in [0, 0.05) is 5.41 Å². The van der Waals surface area contributed by atoms with Crippen LogP contribution in [-0.2, 0) is 16.6 Å². The molecule has 2 aliphatic carbocycles. The molecule has 0 aromatic heterocycles. The smallest absolute Gasteiger partial charge is 0.307 e. The number of carboxylic acid groups (broad SMARTS) is 1. The summed E-state index contributed by atoms with van der Waals surface area (Å²) in [5.41, 5.74) is 3.36. The van der Waals surface area contributed by atoms with Crippen LogP contribution in [-0.4, -0.2) is 11.1 Å². The molecular formula is C19H17ClO3. The number of hydrogen-bond acceptors (Lipinski definition) is 2. The second-order valence-electron chi connectivity index (χ2n) is 6.61. The van der Waals surface area contributed by atoms with Crippen LogP contribution in [0.2, 0.25) is 5.02 Å². The number of ether oxygens (including phenoxy) is 1. The highest BCUT2D eigenvalue weighted by Crippen LogP contribution is 2.61. The van der Waals surface area contributed by atoms with E-state index in [9.17, 15) is 9.90 Å². The molecule has 0 unspecified atom stereocenters. The molecule has 3 nitrogen and oxygen atoms in total. The fourth-order valence-electron chi connectivity index (χ4n) is 3.84. The quantitative estimate of drug-likeness (QED) is 0.886. The molecule has 1 spiro atoms. The molecule has 1 fully saturated rings. The molecule has 2 aromatic rings. The summed E-state index contributed by atoms with van der Waals surface area (Å²) >= 11 is 6.22. The number of carbonyl (C=O) groups is 1. The Morgan fingerprint density at radius 1 is 1.30 bits per heavy atom. The maximum atomic E-state index is 11.3. The van der Waals surface area contributed by atoms with Crippen molar-refractivity contribution in [2.75, 3.05) is 0 Å². The topological polar surface area (TPSA) is 46.5 Å². The third kappa shape index (κ3) is 2.31. The minimum absolute atomic E-state index is 0.124. The number of hydrogen-bond donors (Lipinski definition) is 1. The van der Waals surface area contributed by atoms with Crippen molar-refractivity contribution in [1.82, 2.24) is 0 Å². The maximum absolute atomic E-state index is 11.3. The summed E-state index contributed by atoms with van der Waals surface area (Å²) in [6.45, 7) is 1.99. The molecule has 0 amide bonds. The van der Waals surface area contributed by atoms with Crippen molar-refractivity contribution >= 4 is 17.6 Å². The van der Waals surface area contributed by atoms with Crippen LogP contribution in [0.15, 0.2) is 36.4 Å². The molecule has 2 atom stereocenters. The van der Waals surface area contributed by atoms with Crippen LogP contribution in [0, 0.1) is 12.8 Å². The van der Waals surface area contributed by atoms with E-state index in [0.717, 1.165) is 30.6 Å². The van der Waals surface area contributed by atoms with Gasteiger partial charge in [0.05, 0.1) is 10.9 Å². The molecule has 23 heavy (non-hydrogen) atoms. The van der Waals surface area contributed by atoms with E-state index in [4.69, 9.17) is 16.3 Å². The molecule has 0 radical (unpaired) electrons. The molecule has 0 heterocycles. The Hall–Kier alpha value is -2.00. The van der Waals surface area contributed by atoms with E-state index in [1.165, 1.54) is 11.1 Å². The fraction of sp³-hybridized carbons (Fsp3) is 0.316. The van der Waals surface area contributed by atoms with E-state index in [2.05, 4.69) is 0 Å². The van der Waals surface area contributed by atoms with E-state index in [1.54, 1.807) is 0 Å². The second-order valence-corrected chi connectivity index (χ2v) is 7.01. The molecular weight excluding hydrogens is 312 g/mol. The first-order chi connectivity index (χ1) is 11.0. The monoisotopic (exact) mass is 328 g/mol. The lowest BCUT2D eigenvalue weighted by Crippen LogP contribution is -2.11. The van der Waals surface area contributed by atoms with Crippen molar-refractivity contribution in [3.05, 3.63) is 58.1 Å². The highest BCUT2D eigenvalue weighted by Gasteiger charge is 2.61. The Morgan fingerprint density at radius 3 is 2.83 bits per heavy atom. The summed E-state index contributed by atoms with van der Waals surface area (Å²) in [6, 6.07) is 11.7. The van der Waals surface area contributed by atoms with Gasteiger partial charge in [-0.3, -0.25) is 4.79 Å². The van der Waals surface area contributed by atoms with Gasteiger partial charge in [-0.25, -0.2) is 0 Å². The van der Waals surface area contributed by atoms with Crippen molar-refractivity contribution in [3.8, 4) is 11.5 Å². The molecule has 4 rings (SSSR count). The third-order valence-electron chi connectivity index (χ3n) is 5.14. The molecule has 118 valence electrons. The average molecular weight is 329 g/mol. The predicted octanol–water partition coefficient (Wildman–Crippen LogP) is 4.73. The van der Waals surface area contributed by atoms with Gasteiger partial charge >= 0.3 is 5.97 Å². The van der Waals surface area contributed by atoms with Gasteiger partial charge in [0.25, 0.3) is 0 Å². The Labute approximate surface area is 139 Å². The zero-order valence-electron chi connectivity index (χ0n) is 12.8. The van der Waals surface area contributed by atoms with E-state index in [0.29, 0.717) is 10.8 Å². The Morgan fingerprint density at radius 2 is 2.13 bits per heavy atom. The van der Waals surface area contributed by atoms with E-state index in [-0.39, 0.29) is 11.3 Å². The van der Waals surface area contributed by atoms with Crippen LogP contribution in [0.25, 0.3) is 0 Å². The SMILES string of the molecule is Cc1ccc(Oc2ccc3c(c2)CC[C@]32C[C@H]2C(=O)O)c(Cl)c1. The lowest BCUT2D eigenvalue weighted by molar-refractivity contribution is -0.139. The number of benzene rings is 2. The van der Waals surface area contributed by atoms with Gasteiger partial charge in [-0.2, -0.15) is 0 Å². The van der Waals surface area contributed by atoms with Crippen LogP contribution < -0.4 is 4.74 Å². The number of aryl methyl sites for hydroxylation is 2. The molecule has 0 aliphatic heterocycles. The summed E-state index contributed by atoms with van der Waals surface area (Å²) < 4.78 is 5.90. The number of carboxylic acids is 1. The molecule has 1 saturated carbocycles. The van der Waals surface area contributed by atoms with Gasteiger partial charge < -0.3 is 9.84 Å². The Balaban J connectivity index is 1.61. The molecule has 4 heteroatoms. The summed E-state index contributed by atoms with van der Waals surface area (Å²) in [5, 5.41) is 9.86. The molecule has 0 bridgehead atoms. The van der Waals surface area contributed by atoms with Crippen LogP contribution >= 0.6 is 11.6 Å². The highest BCUT2D eigenvalue weighted by molar-refractivity contribution is 6.32. The third-order valence-corrected chi connectivity index (χ3v) is 5.44. The van der Waals surface area contributed by atoms with Crippen molar-refractivity contribution < 1.29 is 14.6 Å². The first-order valence-corrected chi connectivity index (χ1v) is 8.18. The highest BCUT2D eigenvalue weighted by atomic mass is 35.5. The van der Waals surface area contributed by atoms with Gasteiger partial charge in [0.15, 0.2) is 0 Å². The Bertz CT molecular complexity index is 814. The second kappa shape index (κ2) is 5.00. The Kier molecular flexibility index (Phi) is 3.17. The summed E-state index contributed by atoms with van der Waals surface area (Å²) in [7, 11) is 0. The fourth-order valence-corrected chi connectivity index (χ4v) is 4.11. The normalized spacial score (nSPS) is 24.5. The molecule has 1 N–H and O–H groups in total. The van der Waals surface area contributed by atoms with Gasteiger partial charge in [0.1, 0.15) is 11.5 Å². The maximum Gasteiger partial charge on any atom is 0.307 e. The molecule has 0 saturated heterocycles. The standard InChI is InChI=1S/C19H17ClO3/c1-11-2-5-17(16(20)8-11)23-13-3-4-14-12(9-13)6-7-19(14)10-15(19)18(21)22/h2-5,8-9,15H,6-7,10H2,1H3,(H,21,22)/t15-,19-/m0/s1. The van der Waals surface area contributed by atoms with Crippen molar-refractivity contribution in [2.45, 2.75) is 31.6 Å². The zero-order valence-corrected chi connectivity index (χ0v) is 13.6. The van der Waals surface area contributed by atoms with Crippen molar-refractivity contribution in [2.24, 2.45) is 5.92 Å². The van der Waals surface area contributed by atoms with Crippen LogP contribution in [0.1, 0.15) is 29.5 Å². The van der Waals surface area contributed by atoms with Crippen LogP contribution in [0.4, 0.5) is 0 Å². The summed E-state index contributed by atoms with van der Waals surface area (Å²) in [5.74, 6) is 0.491. The number of fused-ring (bicyclic) bond motifs is 2. The minimum atomic E-state index is -0.676. The lowest BCUT2D eigenvalue weighted by atomic mass is 9.95. The van der Waals surface area contributed by atoms with E-state index in [1.807, 2.05) is 43.3 Å². The van der Waals surface area contributed by atoms with E-state index >= 15 is 0 Å². The minimum Gasteiger partial charge on any atom is -0.481 e. The van der Waals surface area contributed by atoms with Crippen LogP contribution in [0.3, 0.4) is 0 Å². The number of aliphatic carboxylic acids is 1.